The molecule has 0 radical (unpaired) electrons. The van der Waals surface area contributed by atoms with Crippen molar-refractivity contribution in [1.29, 1.82) is 0 Å². The lowest BCUT2D eigenvalue weighted by atomic mass is 9.95. The number of carbonyl (C=O) groups excluding carboxylic acids is 1. The standard InChI is InChI=1S/C21H29N3O3S/c1-3-13-28-21-19(20(25)23-17-7-5-4-6-8-17)14-22-24(21)18-11-9-16(10-12-18)15-27-26-2/h9-12,14,17H,3-8,13,15H2,1-2H3,(H,23,25). The van der Waals surface area contributed by atoms with Gasteiger partial charge in [0, 0.05) is 6.04 Å². The van der Waals surface area contributed by atoms with Gasteiger partial charge in [-0.2, -0.15) is 5.10 Å². The van der Waals surface area contributed by atoms with E-state index in [4.69, 9.17) is 4.89 Å². The third-order valence-corrected chi connectivity index (χ3v) is 6.16. The fraction of sp³-hybridized carbons (Fsp3) is 0.524. The second kappa shape index (κ2) is 10.6. The van der Waals surface area contributed by atoms with Crippen LogP contribution in [0.1, 0.15) is 61.4 Å². The average molecular weight is 404 g/mol. The van der Waals surface area contributed by atoms with Crippen molar-refractivity contribution in [2.24, 2.45) is 0 Å². The van der Waals surface area contributed by atoms with Gasteiger partial charge < -0.3 is 5.32 Å². The summed E-state index contributed by atoms with van der Waals surface area (Å²) < 4.78 is 1.86. The minimum absolute atomic E-state index is 0.0122. The number of hydrogen-bond acceptors (Lipinski definition) is 5. The molecule has 7 heteroatoms. The zero-order valence-corrected chi connectivity index (χ0v) is 17.5. The van der Waals surface area contributed by atoms with Gasteiger partial charge >= 0.3 is 0 Å². The first-order valence-corrected chi connectivity index (χ1v) is 11.0. The highest BCUT2D eigenvalue weighted by Crippen LogP contribution is 2.27. The first-order chi connectivity index (χ1) is 13.7. The predicted octanol–water partition coefficient (Wildman–Crippen LogP) is 4.51. The van der Waals surface area contributed by atoms with Crippen LogP contribution in [0.3, 0.4) is 0 Å². The molecule has 1 heterocycles. The van der Waals surface area contributed by atoms with Crippen LogP contribution in [0.5, 0.6) is 0 Å². The van der Waals surface area contributed by atoms with E-state index in [9.17, 15) is 4.79 Å². The maximum absolute atomic E-state index is 12.9. The van der Waals surface area contributed by atoms with Crippen molar-refractivity contribution in [3.8, 4) is 5.69 Å². The normalized spacial score (nSPS) is 14.9. The van der Waals surface area contributed by atoms with E-state index < -0.39 is 0 Å². The molecule has 6 nitrogen and oxygen atoms in total. The summed E-state index contributed by atoms with van der Waals surface area (Å²) in [5, 5.41) is 8.64. The van der Waals surface area contributed by atoms with Gasteiger partial charge in [0.2, 0.25) is 0 Å². The Bertz CT molecular complexity index is 755. The molecule has 28 heavy (non-hydrogen) atoms. The molecule has 1 aliphatic rings. The first-order valence-electron chi connectivity index (χ1n) is 9.99. The van der Waals surface area contributed by atoms with E-state index in [1.165, 1.54) is 26.4 Å². The zero-order chi connectivity index (χ0) is 19.8. The van der Waals surface area contributed by atoms with Crippen LogP contribution in [-0.4, -0.2) is 34.6 Å². The van der Waals surface area contributed by atoms with Gasteiger partial charge in [-0.25, -0.2) is 14.5 Å². The average Bonchev–Trinajstić information content (AvgIpc) is 3.15. The van der Waals surface area contributed by atoms with E-state index >= 15 is 0 Å². The molecule has 1 aromatic carbocycles. The van der Waals surface area contributed by atoms with E-state index in [2.05, 4.69) is 22.2 Å². The largest absolute Gasteiger partial charge is 0.349 e. The Morgan fingerprint density at radius 2 is 2.00 bits per heavy atom. The van der Waals surface area contributed by atoms with Crippen LogP contribution in [0.2, 0.25) is 0 Å². The fourth-order valence-corrected chi connectivity index (χ4v) is 4.36. The third kappa shape index (κ3) is 5.37. The second-order valence-corrected chi connectivity index (χ2v) is 8.11. The van der Waals surface area contributed by atoms with Crippen LogP contribution in [0.15, 0.2) is 35.5 Å². The Morgan fingerprint density at radius 3 is 2.68 bits per heavy atom. The van der Waals surface area contributed by atoms with Crippen molar-refractivity contribution in [1.82, 2.24) is 15.1 Å². The lowest BCUT2D eigenvalue weighted by Crippen LogP contribution is -2.36. The number of aromatic nitrogens is 2. The molecule has 0 unspecified atom stereocenters. The third-order valence-electron chi connectivity index (χ3n) is 4.88. The molecule has 2 aromatic rings. The highest BCUT2D eigenvalue weighted by atomic mass is 32.2. The number of thioether (sulfide) groups is 1. The lowest BCUT2D eigenvalue weighted by molar-refractivity contribution is -0.282. The number of nitrogens with zero attached hydrogens (tertiary/aromatic N) is 2. The van der Waals surface area contributed by atoms with Gasteiger partial charge in [-0.15, -0.1) is 11.8 Å². The van der Waals surface area contributed by atoms with Crippen LogP contribution in [0, 0.1) is 0 Å². The van der Waals surface area contributed by atoms with E-state index in [1.807, 2.05) is 28.9 Å². The number of rotatable bonds is 9. The van der Waals surface area contributed by atoms with E-state index in [0.717, 1.165) is 41.3 Å². The molecule has 152 valence electrons. The molecule has 1 saturated carbocycles. The smallest absolute Gasteiger partial charge is 0.255 e. The Balaban J connectivity index is 1.80. The molecule has 3 rings (SSSR count). The monoisotopic (exact) mass is 403 g/mol. The Hall–Kier alpha value is -1.83. The first kappa shape index (κ1) is 20.9. The molecule has 0 atom stereocenters. The predicted molar refractivity (Wildman–Crippen MR) is 111 cm³/mol. The SMILES string of the molecule is CCCSc1c(C(=O)NC2CCCCC2)cnn1-c1ccc(COOC)cc1. The molecule has 1 fully saturated rings. The van der Waals surface area contributed by atoms with Crippen LogP contribution in [0.25, 0.3) is 5.69 Å². The Kier molecular flexibility index (Phi) is 7.94. The molecule has 0 saturated heterocycles. The molecule has 0 bridgehead atoms. The maximum atomic E-state index is 12.9. The van der Waals surface area contributed by atoms with Crippen molar-refractivity contribution in [3.63, 3.8) is 0 Å². The molecule has 0 spiro atoms. The highest BCUT2D eigenvalue weighted by molar-refractivity contribution is 7.99. The van der Waals surface area contributed by atoms with Gasteiger partial charge in [0.25, 0.3) is 5.91 Å². The van der Waals surface area contributed by atoms with Crippen LogP contribution in [0.4, 0.5) is 0 Å². The summed E-state index contributed by atoms with van der Waals surface area (Å²) in [7, 11) is 1.50. The molecule has 1 amide bonds. The van der Waals surface area contributed by atoms with Crippen LogP contribution in [-0.2, 0) is 16.4 Å². The number of hydrogen-bond donors (Lipinski definition) is 1. The number of amides is 1. The van der Waals surface area contributed by atoms with Crippen molar-refractivity contribution in [2.75, 3.05) is 12.9 Å². The minimum atomic E-state index is -0.0122. The number of nitrogens with one attached hydrogen (secondary N) is 1. The highest BCUT2D eigenvalue weighted by Gasteiger charge is 2.22. The van der Waals surface area contributed by atoms with E-state index in [1.54, 1.807) is 18.0 Å². The van der Waals surface area contributed by atoms with Gasteiger partial charge in [0.05, 0.1) is 24.6 Å². The van der Waals surface area contributed by atoms with Crippen molar-refractivity contribution in [2.45, 2.75) is 63.1 Å². The van der Waals surface area contributed by atoms with Crippen molar-refractivity contribution in [3.05, 3.63) is 41.6 Å². The zero-order valence-electron chi connectivity index (χ0n) is 16.6. The summed E-state index contributed by atoms with van der Waals surface area (Å²) in [6.07, 6.45) is 8.53. The summed E-state index contributed by atoms with van der Waals surface area (Å²) in [5.41, 5.74) is 2.60. The van der Waals surface area contributed by atoms with Gasteiger partial charge in [-0.1, -0.05) is 38.3 Å². The fourth-order valence-electron chi connectivity index (χ4n) is 3.38. The second-order valence-electron chi connectivity index (χ2n) is 7.03. The summed E-state index contributed by atoms with van der Waals surface area (Å²) in [6, 6.07) is 8.21. The van der Waals surface area contributed by atoms with Gasteiger partial charge in [-0.05, 0) is 42.7 Å². The molecular formula is C21H29N3O3S. The number of benzene rings is 1. The topological polar surface area (TPSA) is 65.4 Å². The molecule has 1 aromatic heterocycles. The lowest BCUT2D eigenvalue weighted by Gasteiger charge is -2.22. The molecule has 0 aliphatic heterocycles. The Labute approximate surface area is 170 Å². The molecular weight excluding hydrogens is 374 g/mol. The summed E-state index contributed by atoms with van der Waals surface area (Å²) in [5.74, 6) is 0.927. The molecule has 1 N–H and O–H groups in total. The van der Waals surface area contributed by atoms with Gasteiger partial charge in [0.1, 0.15) is 11.6 Å². The summed E-state index contributed by atoms with van der Waals surface area (Å²) in [4.78, 5) is 22.5. The van der Waals surface area contributed by atoms with Crippen molar-refractivity contribution < 1.29 is 14.6 Å². The summed E-state index contributed by atoms with van der Waals surface area (Å²) >= 11 is 1.68. The quantitative estimate of drug-likeness (QED) is 0.379. The maximum Gasteiger partial charge on any atom is 0.255 e. The Morgan fingerprint density at radius 1 is 1.25 bits per heavy atom. The minimum Gasteiger partial charge on any atom is -0.349 e. The molecule has 1 aliphatic carbocycles. The van der Waals surface area contributed by atoms with E-state index in [-0.39, 0.29) is 11.9 Å². The van der Waals surface area contributed by atoms with Gasteiger partial charge in [0.15, 0.2) is 0 Å². The summed E-state index contributed by atoms with van der Waals surface area (Å²) in [6.45, 7) is 2.53. The van der Waals surface area contributed by atoms with E-state index in [0.29, 0.717) is 12.2 Å². The number of carbonyl (C=O) groups is 1. The van der Waals surface area contributed by atoms with Crippen LogP contribution >= 0.6 is 11.8 Å². The van der Waals surface area contributed by atoms with Crippen molar-refractivity contribution >= 4 is 17.7 Å². The van der Waals surface area contributed by atoms with Gasteiger partial charge in [-0.3, -0.25) is 4.79 Å². The van der Waals surface area contributed by atoms with Crippen LogP contribution < -0.4 is 5.32 Å².